The molecule has 0 saturated carbocycles. The molecule has 1 heterocycles. The number of methoxy groups -OCH3 is 1. The summed E-state index contributed by atoms with van der Waals surface area (Å²) in [5.74, 6) is 0.564. The zero-order chi connectivity index (χ0) is 17.6. The van der Waals surface area contributed by atoms with Crippen molar-refractivity contribution in [3.8, 4) is 5.75 Å². The second-order valence-electron chi connectivity index (χ2n) is 5.01. The number of nitrogens with one attached hydrogen (secondary N) is 1. The molecule has 126 valence electrons. The number of amidine groups is 1. The summed E-state index contributed by atoms with van der Waals surface area (Å²) in [6.45, 7) is 0. The second-order valence-corrected chi connectivity index (χ2v) is 6.45. The normalized spacial score (nSPS) is 17.4. The third-order valence-electron chi connectivity index (χ3n) is 3.32. The zero-order valence-electron chi connectivity index (χ0n) is 13.3. The summed E-state index contributed by atoms with van der Waals surface area (Å²) in [5, 5.41) is 11.7. The Morgan fingerprint density at radius 3 is 2.64 bits per heavy atom. The quantitative estimate of drug-likeness (QED) is 0.503. The number of ether oxygens (including phenoxy) is 1. The summed E-state index contributed by atoms with van der Waals surface area (Å²) in [7, 11) is 1.61. The Balaban J connectivity index is 1.71. The predicted octanol–water partition coefficient (Wildman–Crippen LogP) is 3.94. The number of hydrogen-bond donors (Lipinski definition) is 1. The molecule has 0 aromatic heterocycles. The summed E-state index contributed by atoms with van der Waals surface area (Å²) in [4.78, 5) is 12.6. The van der Waals surface area contributed by atoms with E-state index < -0.39 is 0 Å². The van der Waals surface area contributed by atoms with Crippen LogP contribution in [-0.4, -0.2) is 24.4 Å². The Labute approximate surface area is 154 Å². The van der Waals surface area contributed by atoms with Gasteiger partial charge in [-0.15, -0.1) is 5.10 Å². The minimum Gasteiger partial charge on any atom is -0.497 e. The first kappa shape index (κ1) is 17.3. The van der Waals surface area contributed by atoms with E-state index in [1.807, 2.05) is 42.5 Å². The Bertz CT molecular complexity index is 876. The standard InChI is InChI=1S/C18H14ClN3O2S/c1-24-14-8-6-12(7-9-14)10-16-17(23)21-18(25-16)22-20-11-13-4-2-3-5-15(13)19/h2-11H,1H3,(H,21,22,23)/b16-10+,20-11+. The number of halogens is 1. The molecule has 1 aliphatic rings. The molecule has 1 saturated heterocycles. The van der Waals surface area contributed by atoms with Gasteiger partial charge in [0.2, 0.25) is 0 Å². The molecule has 0 atom stereocenters. The number of carbonyl (C=O) groups is 1. The summed E-state index contributed by atoms with van der Waals surface area (Å²) < 4.78 is 5.12. The molecular weight excluding hydrogens is 358 g/mol. The summed E-state index contributed by atoms with van der Waals surface area (Å²) >= 11 is 7.28. The summed E-state index contributed by atoms with van der Waals surface area (Å²) in [5.41, 5.74) is 1.66. The maximum absolute atomic E-state index is 12.0. The van der Waals surface area contributed by atoms with Crippen LogP contribution in [0.15, 0.2) is 63.6 Å². The predicted molar refractivity (Wildman–Crippen MR) is 103 cm³/mol. The Morgan fingerprint density at radius 1 is 1.16 bits per heavy atom. The highest BCUT2D eigenvalue weighted by Crippen LogP contribution is 2.26. The molecule has 3 rings (SSSR count). The smallest absolute Gasteiger partial charge is 0.264 e. The Morgan fingerprint density at radius 2 is 1.92 bits per heavy atom. The van der Waals surface area contributed by atoms with Gasteiger partial charge in [0, 0.05) is 10.6 Å². The molecule has 2 aromatic rings. The van der Waals surface area contributed by atoms with Gasteiger partial charge in [-0.3, -0.25) is 10.1 Å². The van der Waals surface area contributed by atoms with Gasteiger partial charge in [0.15, 0.2) is 5.17 Å². The molecule has 1 N–H and O–H groups in total. The van der Waals surface area contributed by atoms with E-state index in [9.17, 15) is 4.79 Å². The maximum atomic E-state index is 12.0. The lowest BCUT2D eigenvalue weighted by Crippen LogP contribution is -2.19. The van der Waals surface area contributed by atoms with E-state index in [2.05, 4.69) is 15.5 Å². The molecule has 0 bridgehead atoms. The molecule has 1 amide bonds. The van der Waals surface area contributed by atoms with Crippen LogP contribution in [0.3, 0.4) is 0 Å². The van der Waals surface area contributed by atoms with Crippen LogP contribution in [0.5, 0.6) is 5.75 Å². The third-order valence-corrected chi connectivity index (χ3v) is 4.56. The molecule has 1 fully saturated rings. The lowest BCUT2D eigenvalue weighted by atomic mass is 10.2. The van der Waals surface area contributed by atoms with Gasteiger partial charge in [-0.1, -0.05) is 41.9 Å². The number of carbonyl (C=O) groups excluding carboxylic acids is 1. The van der Waals surface area contributed by atoms with Crippen molar-refractivity contribution in [1.29, 1.82) is 0 Å². The van der Waals surface area contributed by atoms with Crippen molar-refractivity contribution in [3.63, 3.8) is 0 Å². The Hall–Kier alpha value is -2.57. The van der Waals surface area contributed by atoms with E-state index in [1.54, 1.807) is 25.5 Å². The SMILES string of the molecule is COc1ccc(/C=C2/S/C(=N\N=C\c3ccccc3Cl)NC2=O)cc1. The molecular formula is C18H14ClN3O2S. The van der Waals surface area contributed by atoms with Gasteiger partial charge in [-0.05, 0) is 41.6 Å². The first-order valence-corrected chi connectivity index (χ1v) is 8.55. The van der Waals surface area contributed by atoms with Crippen LogP contribution in [0, 0.1) is 0 Å². The first-order chi connectivity index (χ1) is 12.2. The lowest BCUT2D eigenvalue weighted by molar-refractivity contribution is -0.115. The number of benzene rings is 2. The van der Waals surface area contributed by atoms with Crippen LogP contribution in [0.4, 0.5) is 0 Å². The fourth-order valence-electron chi connectivity index (χ4n) is 2.05. The van der Waals surface area contributed by atoms with E-state index in [4.69, 9.17) is 16.3 Å². The number of thioether (sulfide) groups is 1. The van der Waals surface area contributed by atoms with Crippen LogP contribution in [-0.2, 0) is 4.79 Å². The van der Waals surface area contributed by atoms with Crippen molar-refractivity contribution < 1.29 is 9.53 Å². The van der Waals surface area contributed by atoms with E-state index in [1.165, 1.54) is 11.8 Å². The van der Waals surface area contributed by atoms with Gasteiger partial charge < -0.3 is 4.74 Å². The van der Waals surface area contributed by atoms with Gasteiger partial charge in [0.1, 0.15) is 5.75 Å². The Kier molecular flexibility index (Phi) is 5.53. The van der Waals surface area contributed by atoms with Crippen molar-refractivity contribution in [2.24, 2.45) is 10.2 Å². The van der Waals surface area contributed by atoms with Crippen LogP contribution >= 0.6 is 23.4 Å². The average Bonchev–Trinajstić information content (AvgIpc) is 2.97. The maximum Gasteiger partial charge on any atom is 0.264 e. The topological polar surface area (TPSA) is 63.1 Å². The fraction of sp³-hybridized carbons (Fsp3) is 0.0556. The molecule has 0 unspecified atom stereocenters. The van der Waals surface area contributed by atoms with Crippen molar-refractivity contribution in [1.82, 2.24) is 5.32 Å². The van der Waals surface area contributed by atoms with Crippen molar-refractivity contribution >= 4 is 46.7 Å². The van der Waals surface area contributed by atoms with Gasteiger partial charge in [-0.25, -0.2) is 0 Å². The van der Waals surface area contributed by atoms with Gasteiger partial charge in [0.25, 0.3) is 5.91 Å². The molecule has 1 aliphatic heterocycles. The number of nitrogens with zero attached hydrogens (tertiary/aromatic N) is 2. The van der Waals surface area contributed by atoms with E-state index in [-0.39, 0.29) is 5.91 Å². The highest BCUT2D eigenvalue weighted by molar-refractivity contribution is 8.18. The molecule has 25 heavy (non-hydrogen) atoms. The second kappa shape index (κ2) is 8.00. The highest BCUT2D eigenvalue weighted by Gasteiger charge is 2.23. The molecule has 7 heteroatoms. The summed E-state index contributed by atoms with van der Waals surface area (Å²) in [6.07, 6.45) is 3.34. The van der Waals surface area contributed by atoms with Crippen molar-refractivity contribution in [3.05, 3.63) is 69.6 Å². The van der Waals surface area contributed by atoms with E-state index >= 15 is 0 Å². The van der Waals surface area contributed by atoms with Crippen molar-refractivity contribution in [2.45, 2.75) is 0 Å². The molecule has 0 radical (unpaired) electrons. The van der Waals surface area contributed by atoms with Crippen molar-refractivity contribution in [2.75, 3.05) is 7.11 Å². The zero-order valence-corrected chi connectivity index (χ0v) is 14.8. The summed E-state index contributed by atoms with van der Waals surface area (Å²) in [6, 6.07) is 14.8. The van der Waals surface area contributed by atoms with Gasteiger partial charge >= 0.3 is 0 Å². The average molecular weight is 372 g/mol. The first-order valence-electron chi connectivity index (χ1n) is 7.36. The molecule has 5 nitrogen and oxygen atoms in total. The van der Waals surface area contributed by atoms with E-state index in [0.717, 1.165) is 16.9 Å². The fourth-order valence-corrected chi connectivity index (χ4v) is 3.01. The molecule has 0 spiro atoms. The van der Waals surface area contributed by atoms with Crippen LogP contribution in [0.1, 0.15) is 11.1 Å². The number of amides is 1. The van der Waals surface area contributed by atoms with E-state index in [0.29, 0.717) is 15.1 Å². The lowest BCUT2D eigenvalue weighted by Gasteiger charge is -1.99. The number of rotatable bonds is 4. The highest BCUT2D eigenvalue weighted by atomic mass is 35.5. The monoisotopic (exact) mass is 371 g/mol. The van der Waals surface area contributed by atoms with Crippen LogP contribution in [0.2, 0.25) is 5.02 Å². The number of hydrogen-bond acceptors (Lipinski definition) is 5. The molecule has 2 aromatic carbocycles. The largest absolute Gasteiger partial charge is 0.497 e. The minimum absolute atomic E-state index is 0.201. The van der Waals surface area contributed by atoms with Gasteiger partial charge in [0.05, 0.1) is 18.2 Å². The van der Waals surface area contributed by atoms with Crippen LogP contribution < -0.4 is 10.1 Å². The third kappa shape index (κ3) is 4.49. The minimum atomic E-state index is -0.201. The van der Waals surface area contributed by atoms with Crippen LogP contribution in [0.25, 0.3) is 6.08 Å². The van der Waals surface area contributed by atoms with Gasteiger partial charge in [-0.2, -0.15) is 5.10 Å². The molecule has 0 aliphatic carbocycles.